The smallest absolute Gasteiger partial charge is 0.338 e. The molecule has 0 saturated carbocycles. The summed E-state index contributed by atoms with van der Waals surface area (Å²) in [4.78, 5) is 26.2. The molecule has 28 heavy (non-hydrogen) atoms. The SMILES string of the molecule is CN1CCOc2cc(C(=O)OCCCC(=O)OCc3ccccc3)ccc2C1. The van der Waals surface area contributed by atoms with Crippen LogP contribution in [0, 0.1) is 0 Å². The van der Waals surface area contributed by atoms with E-state index in [1.807, 2.05) is 43.4 Å². The van der Waals surface area contributed by atoms with Gasteiger partial charge in [0.15, 0.2) is 0 Å². The first-order valence-electron chi connectivity index (χ1n) is 9.43. The van der Waals surface area contributed by atoms with Gasteiger partial charge in [-0.3, -0.25) is 9.69 Å². The molecule has 6 nitrogen and oxygen atoms in total. The third kappa shape index (κ3) is 5.82. The highest BCUT2D eigenvalue weighted by atomic mass is 16.5. The zero-order valence-corrected chi connectivity index (χ0v) is 16.1. The van der Waals surface area contributed by atoms with Crippen LogP contribution in [0.1, 0.15) is 34.3 Å². The van der Waals surface area contributed by atoms with Gasteiger partial charge in [-0.25, -0.2) is 4.79 Å². The fourth-order valence-corrected chi connectivity index (χ4v) is 2.90. The van der Waals surface area contributed by atoms with Gasteiger partial charge in [-0.2, -0.15) is 0 Å². The number of esters is 2. The van der Waals surface area contributed by atoms with Crippen molar-refractivity contribution in [3.8, 4) is 5.75 Å². The summed E-state index contributed by atoms with van der Waals surface area (Å²) in [5.41, 5.74) is 2.45. The van der Waals surface area contributed by atoms with Gasteiger partial charge in [-0.05, 0) is 31.2 Å². The molecule has 1 heterocycles. The van der Waals surface area contributed by atoms with Crippen molar-refractivity contribution in [2.45, 2.75) is 26.0 Å². The first kappa shape index (κ1) is 19.9. The van der Waals surface area contributed by atoms with E-state index in [1.54, 1.807) is 12.1 Å². The van der Waals surface area contributed by atoms with E-state index in [9.17, 15) is 9.59 Å². The van der Waals surface area contributed by atoms with Gasteiger partial charge in [0.25, 0.3) is 0 Å². The van der Waals surface area contributed by atoms with Gasteiger partial charge in [0.2, 0.25) is 0 Å². The van der Waals surface area contributed by atoms with Gasteiger partial charge in [0, 0.05) is 25.1 Å². The maximum Gasteiger partial charge on any atom is 0.338 e. The van der Waals surface area contributed by atoms with Crippen LogP contribution in [0.3, 0.4) is 0 Å². The molecule has 2 aromatic carbocycles. The Morgan fingerprint density at radius 1 is 1.11 bits per heavy atom. The van der Waals surface area contributed by atoms with Crippen LogP contribution in [0.25, 0.3) is 0 Å². The minimum atomic E-state index is -0.415. The van der Waals surface area contributed by atoms with Crippen LogP contribution in [0.15, 0.2) is 48.5 Å². The van der Waals surface area contributed by atoms with Gasteiger partial charge in [-0.1, -0.05) is 36.4 Å². The lowest BCUT2D eigenvalue weighted by molar-refractivity contribution is -0.145. The van der Waals surface area contributed by atoms with E-state index in [2.05, 4.69) is 4.90 Å². The molecule has 0 radical (unpaired) electrons. The molecule has 3 rings (SSSR count). The summed E-state index contributed by atoms with van der Waals surface area (Å²) in [5.74, 6) is 0.00685. The summed E-state index contributed by atoms with van der Waals surface area (Å²) in [7, 11) is 2.03. The van der Waals surface area contributed by atoms with E-state index in [-0.39, 0.29) is 25.6 Å². The van der Waals surface area contributed by atoms with E-state index < -0.39 is 5.97 Å². The summed E-state index contributed by atoms with van der Waals surface area (Å²) in [6.45, 7) is 2.64. The number of hydrogen-bond donors (Lipinski definition) is 0. The topological polar surface area (TPSA) is 65.1 Å². The molecule has 0 bridgehead atoms. The van der Waals surface area contributed by atoms with Crippen LogP contribution in [-0.2, 0) is 27.4 Å². The van der Waals surface area contributed by atoms with Gasteiger partial charge in [0.1, 0.15) is 19.0 Å². The minimum absolute atomic E-state index is 0.167. The Morgan fingerprint density at radius 3 is 2.75 bits per heavy atom. The van der Waals surface area contributed by atoms with Crippen molar-refractivity contribution in [2.75, 3.05) is 26.8 Å². The van der Waals surface area contributed by atoms with Crippen molar-refractivity contribution in [2.24, 2.45) is 0 Å². The maximum atomic E-state index is 12.2. The lowest BCUT2D eigenvalue weighted by Crippen LogP contribution is -2.20. The quantitative estimate of drug-likeness (QED) is 0.540. The van der Waals surface area contributed by atoms with Crippen LogP contribution in [0.5, 0.6) is 5.75 Å². The Hall–Kier alpha value is -2.86. The number of nitrogens with zero attached hydrogens (tertiary/aromatic N) is 1. The lowest BCUT2D eigenvalue weighted by atomic mass is 10.1. The van der Waals surface area contributed by atoms with Gasteiger partial charge < -0.3 is 14.2 Å². The Morgan fingerprint density at radius 2 is 1.93 bits per heavy atom. The predicted octanol–water partition coefficient (Wildman–Crippen LogP) is 3.19. The second-order valence-corrected chi connectivity index (χ2v) is 6.79. The largest absolute Gasteiger partial charge is 0.492 e. The minimum Gasteiger partial charge on any atom is -0.492 e. The van der Waals surface area contributed by atoms with E-state index in [0.29, 0.717) is 18.6 Å². The molecule has 6 heteroatoms. The molecule has 2 aromatic rings. The molecule has 0 amide bonds. The monoisotopic (exact) mass is 383 g/mol. The molecular formula is C22H25NO5. The van der Waals surface area contributed by atoms with Crippen molar-refractivity contribution < 1.29 is 23.8 Å². The second kappa shape index (κ2) is 9.90. The Kier molecular flexibility index (Phi) is 7.03. The number of carbonyl (C=O) groups excluding carboxylic acids is 2. The Labute approximate surface area is 165 Å². The average Bonchev–Trinajstić information content (AvgIpc) is 2.90. The second-order valence-electron chi connectivity index (χ2n) is 6.79. The molecule has 0 fully saturated rings. The number of ether oxygens (including phenoxy) is 3. The van der Waals surface area contributed by atoms with E-state index in [1.165, 1.54) is 0 Å². The zero-order valence-electron chi connectivity index (χ0n) is 16.1. The van der Waals surface area contributed by atoms with Crippen molar-refractivity contribution in [3.63, 3.8) is 0 Å². The molecule has 148 valence electrons. The predicted molar refractivity (Wildman–Crippen MR) is 104 cm³/mol. The van der Waals surface area contributed by atoms with Gasteiger partial charge in [0.05, 0.1) is 12.2 Å². The lowest BCUT2D eigenvalue weighted by Gasteiger charge is -2.12. The summed E-state index contributed by atoms with van der Waals surface area (Å²) in [5, 5.41) is 0. The molecule has 0 unspecified atom stereocenters. The fraction of sp³-hybridized carbons (Fsp3) is 0.364. The molecule has 0 aromatic heterocycles. The van der Waals surface area contributed by atoms with Crippen molar-refractivity contribution >= 4 is 11.9 Å². The number of rotatable bonds is 7. The van der Waals surface area contributed by atoms with Crippen molar-refractivity contribution in [3.05, 3.63) is 65.2 Å². The third-order valence-corrected chi connectivity index (χ3v) is 4.47. The molecule has 0 spiro atoms. The van der Waals surface area contributed by atoms with Crippen molar-refractivity contribution in [1.29, 1.82) is 0 Å². The van der Waals surface area contributed by atoms with Gasteiger partial charge >= 0.3 is 11.9 Å². The molecule has 0 saturated heterocycles. The summed E-state index contributed by atoms with van der Waals surface area (Å²) < 4.78 is 16.2. The molecule has 1 aliphatic heterocycles. The third-order valence-electron chi connectivity index (χ3n) is 4.47. The fourth-order valence-electron chi connectivity index (χ4n) is 2.90. The summed E-state index contributed by atoms with van der Waals surface area (Å²) in [6.07, 6.45) is 0.630. The molecule has 0 atom stereocenters. The number of benzene rings is 2. The summed E-state index contributed by atoms with van der Waals surface area (Å²) >= 11 is 0. The average molecular weight is 383 g/mol. The van der Waals surface area contributed by atoms with E-state index in [0.717, 1.165) is 30.0 Å². The number of likely N-dealkylation sites (N-methyl/N-ethyl adjacent to an activating group) is 1. The normalized spacial score (nSPS) is 13.8. The highest BCUT2D eigenvalue weighted by Gasteiger charge is 2.16. The maximum absolute atomic E-state index is 12.2. The standard InChI is InChI=1S/C22H25NO5/c1-23-11-13-26-20-14-18(9-10-19(20)15-23)22(25)27-12-5-8-21(24)28-16-17-6-3-2-4-7-17/h2-4,6-7,9-10,14H,5,8,11-13,15-16H2,1H3. The Balaban J connectivity index is 1.39. The van der Waals surface area contributed by atoms with E-state index in [4.69, 9.17) is 14.2 Å². The molecule has 1 aliphatic rings. The highest BCUT2D eigenvalue weighted by molar-refractivity contribution is 5.90. The number of hydrogen-bond acceptors (Lipinski definition) is 6. The van der Waals surface area contributed by atoms with Crippen LogP contribution >= 0.6 is 0 Å². The first-order valence-corrected chi connectivity index (χ1v) is 9.43. The summed E-state index contributed by atoms with van der Waals surface area (Å²) in [6, 6.07) is 14.9. The molecular weight excluding hydrogens is 358 g/mol. The zero-order chi connectivity index (χ0) is 19.8. The van der Waals surface area contributed by atoms with Crippen LogP contribution < -0.4 is 4.74 Å². The Bertz CT molecular complexity index is 806. The van der Waals surface area contributed by atoms with Crippen molar-refractivity contribution in [1.82, 2.24) is 4.90 Å². The number of carbonyl (C=O) groups is 2. The van der Waals surface area contributed by atoms with Crippen LogP contribution in [0.4, 0.5) is 0 Å². The highest BCUT2D eigenvalue weighted by Crippen LogP contribution is 2.24. The molecule has 0 aliphatic carbocycles. The molecule has 0 N–H and O–H groups in total. The van der Waals surface area contributed by atoms with E-state index >= 15 is 0 Å². The van der Waals surface area contributed by atoms with Crippen LogP contribution in [-0.4, -0.2) is 43.6 Å². The first-order chi connectivity index (χ1) is 13.6. The number of fused-ring (bicyclic) bond motifs is 1. The van der Waals surface area contributed by atoms with Crippen LogP contribution in [0.2, 0.25) is 0 Å². The van der Waals surface area contributed by atoms with Gasteiger partial charge in [-0.15, -0.1) is 0 Å².